The van der Waals surface area contributed by atoms with Crippen molar-refractivity contribution in [2.75, 3.05) is 29.9 Å². The van der Waals surface area contributed by atoms with E-state index in [2.05, 4.69) is 51.2 Å². The Bertz CT molecular complexity index is 952. The molecule has 0 amide bonds. The Morgan fingerprint density at radius 1 is 0.929 bits per heavy atom. The fraction of sp³-hybridized carbons (Fsp3) is 0.292. The first-order chi connectivity index (χ1) is 13.6. The molecule has 0 saturated carbocycles. The predicted octanol–water partition coefficient (Wildman–Crippen LogP) is 4.99. The highest BCUT2D eigenvalue weighted by Gasteiger charge is 2.17. The molecule has 1 aromatic heterocycles. The van der Waals surface area contributed by atoms with E-state index in [1.807, 2.05) is 38.1 Å². The molecule has 0 atom stereocenters. The van der Waals surface area contributed by atoms with Gasteiger partial charge in [0, 0.05) is 47.1 Å². The molecule has 4 rings (SSSR count). The minimum Gasteiger partial charge on any atom is -0.378 e. The lowest BCUT2D eigenvalue weighted by Gasteiger charge is -2.18. The Labute approximate surface area is 166 Å². The molecular formula is C24H27N3O. The summed E-state index contributed by atoms with van der Waals surface area (Å²) in [4.78, 5) is 15.2. The van der Waals surface area contributed by atoms with Crippen LogP contribution in [0.3, 0.4) is 0 Å². The number of aryl methyl sites for hydroxylation is 1. The van der Waals surface area contributed by atoms with Gasteiger partial charge < -0.3 is 14.8 Å². The molecule has 28 heavy (non-hydrogen) atoms. The van der Waals surface area contributed by atoms with E-state index in [1.165, 1.54) is 18.5 Å². The van der Waals surface area contributed by atoms with Crippen LogP contribution in [0.2, 0.25) is 0 Å². The Morgan fingerprint density at radius 3 is 2.29 bits per heavy atom. The maximum Gasteiger partial charge on any atom is 0.183 e. The fourth-order valence-corrected chi connectivity index (χ4v) is 4.06. The fourth-order valence-electron chi connectivity index (χ4n) is 4.06. The van der Waals surface area contributed by atoms with Gasteiger partial charge in [-0.25, -0.2) is 0 Å². The van der Waals surface area contributed by atoms with Gasteiger partial charge in [0.2, 0.25) is 0 Å². The molecule has 1 fully saturated rings. The van der Waals surface area contributed by atoms with Gasteiger partial charge in [-0.15, -0.1) is 0 Å². The van der Waals surface area contributed by atoms with Gasteiger partial charge in [0.05, 0.1) is 6.54 Å². The summed E-state index contributed by atoms with van der Waals surface area (Å²) in [5, 5.41) is 3.28. The van der Waals surface area contributed by atoms with E-state index in [0.29, 0.717) is 6.54 Å². The number of para-hydroxylation sites is 1. The third-order valence-corrected chi connectivity index (χ3v) is 5.54. The van der Waals surface area contributed by atoms with E-state index >= 15 is 0 Å². The van der Waals surface area contributed by atoms with Crippen molar-refractivity contribution in [1.82, 2.24) is 4.57 Å². The molecule has 0 radical (unpaired) electrons. The molecule has 0 bridgehead atoms. The second kappa shape index (κ2) is 7.93. The number of nitrogens with zero attached hydrogens (tertiary/aromatic N) is 2. The number of rotatable bonds is 6. The van der Waals surface area contributed by atoms with Crippen LogP contribution in [0.15, 0.2) is 60.7 Å². The van der Waals surface area contributed by atoms with E-state index in [9.17, 15) is 4.79 Å². The standard InChI is InChI=1S/C24H27N3O/c1-18-16-23(19(2)27(18)22-8-4-3-5-9-22)24(28)17-25-20-10-12-21(13-11-20)26-14-6-7-15-26/h3-5,8-13,16,25H,6-7,14-15,17H2,1-2H3. The third-order valence-electron chi connectivity index (χ3n) is 5.54. The Balaban J connectivity index is 1.44. The number of ketones is 1. The molecule has 1 aliphatic rings. The van der Waals surface area contributed by atoms with E-state index in [0.717, 1.165) is 41.4 Å². The first-order valence-electron chi connectivity index (χ1n) is 10.00. The highest BCUT2D eigenvalue weighted by molar-refractivity contribution is 6.00. The number of hydrogen-bond donors (Lipinski definition) is 1. The second-order valence-corrected chi connectivity index (χ2v) is 7.47. The van der Waals surface area contributed by atoms with Crippen molar-refractivity contribution < 1.29 is 4.79 Å². The van der Waals surface area contributed by atoms with Gasteiger partial charge in [0.1, 0.15) is 0 Å². The summed E-state index contributed by atoms with van der Waals surface area (Å²) in [5.74, 6) is 0.110. The largest absolute Gasteiger partial charge is 0.378 e. The van der Waals surface area contributed by atoms with Crippen LogP contribution in [0, 0.1) is 13.8 Å². The average Bonchev–Trinajstić information content (AvgIpc) is 3.35. The van der Waals surface area contributed by atoms with Gasteiger partial charge in [-0.3, -0.25) is 4.79 Å². The van der Waals surface area contributed by atoms with Crippen molar-refractivity contribution in [1.29, 1.82) is 0 Å². The van der Waals surface area contributed by atoms with Crippen molar-refractivity contribution in [2.45, 2.75) is 26.7 Å². The molecule has 1 N–H and O–H groups in total. The van der Waals surface area contributed by atoms with E-state index in [1.54, 1.807) is 0 Å². The van der Waals surface area contributed by atoms with Gasteiger partial charge in [-0.05, 0) is 69.2 Å². The number of aromatic nitrogens is 1. The topological polar surface area (TPSA) is 37.3 Å². The minimum absolute atomic E-state index is 0.110. The zero-order valence-corrected chi connectivity index (χ0v) is 16.6. The Kier molecular flexibility index (Phi) is 5.20. The second-order valence-electron chi connectivity index (χ2n) is 7.47. The van der Waals surface area contributed by atoms with Crippen LogP contribution in [-0.4, -0.2) is 30.0 Å². The van der Waals surface area contributed by atoms with E-state index in [-0.39, 0.29) is 5.78 Å². The first kappa shape index (κ1) is 18.4. The molecule has 0 aliphatic carbocycles. The number of benzene rings is 2. The van der Waals surface area contributed by atoms with Gasteiger partial charge in [-0.1, -0.05) is 18.2 Å². The summed E-state index contributed by atoms with van der Waals surface area (Å²) >= 11 is 0. The lowest BCUT2D eigenvalue weighted by atomic mass is 10.1. The molecule has 2 aromatic carbocycles. The van der Waals surface area contributed by atoms with Crippen LogP contribution in [-0.2, 0) is 0 Å². The summed E-state index contributed by atoms with van der Waals surface area (Å²) < 4.78 is 2.14. The van der Waals surface area contributed by atoms with Crippen molar-refractivity contribution in [3.8, 4) is 5.69 Å². The molecule has 3 aromatic rings. The lowest BCUT2D eigenvalue weighted by Crippen LogP contribution is -2.17. The molecule has 0 spiro atoms. The van der Waals surface area contributed by atoms with Gasteiger partial charge in [0.25, 0.3) is 0 Å². The van der Waals surface area contributed by atoms with E-state index in [4.69, 9.17) is 0 Å². The number of hydrogen-bond acceptors (Lipinski definition) is 3. The van der Waals surface area contributed by atoms with Crippen molar-refractivity contribution in [2.24, 2.45) is 0 Å². The van der Waals surface area contributed by atoms with Crippen molar-refractivity contribution in [3.63, 3.8) is 0 Å². The Hall–Kier alpha value is -3.01. The lowest BCUT2D eigenvalue weighted by molar-refractivity contribution is 0.101. The zero-order valence-electron chi connectivity index (χ0n) is 16.6. The molecule has 2 heterocycles. The summed E-state index contributed by atoms with van der Waals surface area (Å²) in [5.41, 5.74) is 6.17. The van der Waals surface area contributed by atoms with Crippen LogP contribution in [0.4, 0.5) is 11.4 Å². The molecule has 4 nitrogen and oxygen atoms in total. The minimum atomic E-state index is 0.110. The third kappa shape index (κ3) is 3.68. The van der Waals surface area contributed by atoms with Crippen molar-refractivity contribution >= 4 is 17.2 Å². The first-order valence-corrected chi connectivity index (χ1v) is 10.00. The predicted molar refractivity (Wildman–Crippen MR) is 116 cm³/mol. The molecular weight excluding hydrogens is 346 g/mol. The zero-order chi connectivity index (χ0) is 19.5. The average molecular weight is 374 g/mol. The molecule has 144 valence electrons. The van der Waals surface area contributed by atoms with Crippen LogP contribution < -0.4 is 10.2 Å². The molecule has 4 heteroatoms. The van der Waals surface area contributed by atoms with Crippen LogP contribution in [0.5, 0.6) is 0 Å². The quantitative estimate of drug-likeness (QED) is 0.619. The summed E-state index contributed by atoms with van der Waals surface area (Å²) in [6.45, 7) is 6.63. The number of Topliss-reactive ketones (excluding diaryl/α,β-unsaturated/α-hetero) is 1. The number of nitrogens with one attached hydrogen (secondary N) is 1. The highest BCUT2D eigenvalue weighted by atomic mass is 16.1. The van der Waals surface area contributed by atoms with Gasteiger partial charge >= 0.3 is 0 Å². The maximum atomic E-state index is 12.8. The number of carbonyl (C=O) groups excluding carboxylic acids is 1. The summed E-state index contributed by atoms with van der Waals surface area (Å²) in [6.07, 6.45) is 2.55. The Morgan fingerprint density at radius 2 is 1.61 bits per heavy atom. The van der Waals surface area contributed by atoms with E-state index < -0.39 is 0 Å². The number of anilines is 2. The van der Waals surface area contributed by atoms with Crippen molar-refractivity contribution in [3.05, 3.63) is 77.6 Å². The van der Waals surface area contributed by atoms with Crippen LogP contribution >= 0.6 is 0 Å². The molecule has 0 unspecified atom stereocenters. The highest BCUT2D eigenvalue weighted by Crippen LogP contribution is 2.23. The van der Waals surface area contributed by atoms with Crippen LogP contribution in [0.25, 0.3) is 5.69 Å². The monoisotopic (exact) mass is 373 g/mol. The maximum absolute atomic E-state index is 12.8. The van der Waals surface area contributed by atoms with Crippen LogP contribution in [0.1, 0.15) is 34.6 Å². The summed E-state index contributed by atoms with van der Waals surface area (Å²) in [6, 6.07) is 20.6. The normalized spacial score (nSPS) is 13.7. The summed E-state index contributed by atoms with van der Waals surface area (Å²) in [7, 11) is 0. The van der Waals surface area contributed by atoms with Gasteiger partial charge in [-0.2, -0.15) is 0 Å². The smallest absolute Gasteiger partial charge is 0.183 e. The SMILES string of the molecule is Cc1cc(C(=O)CNc2ccc(N3CCCC3)cc2)c(C)n1-c1ccccc1. The molecule has 1 saturated heterocycles. The molecule has 1 aliphatic heterocycles. The van der Waals surface area contributed by atoms with Gasteiger partial charge in [0.15, 0.2) is 5.78 Å². The number of carbonyl (C=O) groups is 1.